The van der Waals surface area contributed by atoms with Crippen LogP contribution in [0.1, 0.15) is 10.5 Å². The van der Waals surface area contributed by atoms with Crippen molar-refractivity contribution in [3.8, 4) is 0 Å². The van der Waals surface area contributed by atoms with Gasteiger partial charge in [-0.05, 0) is 12.1 Å². The molecule has 1 N–H and O–H groups in total. The molecule has 9 heavy (non-hydrogen) atoms. The van der Waals surface area contributed by atoms with E-state index in [4.69, 9.17) is 0 Å². The van der Waals surface area contributed by atoms with E-state index >= 15 is 0 Å². The van der Waals surface area contributed by atoms with Crippen molar-refractivity contribution in [2.45, 2.75) is 0 Å². The fraction of sp³-hybridized carbons (Fsp3) is 0. The van der Waals surface area contributed by atoms with Gasteiger partial charge in [-0.1, -0.05) is 0 Å². The average Bonchev–Trinajstić information content (AvgIpc) is 1.86. The van der Waals surface area contributed by atoms with E-state index in [0.717, 1.165) is 5.69 Å². The van der Waals surface area contributed by atoms with Crippen LogP contribution in [0.2, 0.25) is 0 Å². The van der Waals surface area contributed by atoms with Crippen LogP contribution in [-0.4, -0.2) is 10.9 Å². The second-order valence-electron chi connectivity index (χ2n) is 1.85. The van der Waals surface area contributed by atoms with Gasteiger partial charge in [0.05, 0.1) is 5.69 Å². The fourth-order valence-corrected chi connectivity index (χ4v) is 0.806. The summed E-state index contributed by atoms with van der Waals surface area (Å²) in [6.07, 6.45) is 1.61. The summed E-state index contributed by atoms with van der Waals surface area (Å²) < 4.78 is 0. The lowest BCUT2D eigenvalue weighted by atomic mass is 10.2. The SMILES string of the molecule is O=C1Nc2cccnc21. The maximum atomic E-state index is 10.5. The van der Waals surface area contributed by atoms with Gasteiger partial charge in [0.25, 0.3) is 5.91 Å². The van der Waals surface area contributed by atoms with Crippen LogP contribution in [0, 0.1) is 0 Å². The molecule has 0 aromatic carbocycles. The zero-order valence-electron chi connectivity index (χ0n) is 4.59. The van der Waals surface area contributed by atoms with Gasteiger partial charge in [-0.25, -0.2) is 4.98 Å². The lowest BCUT2D eigenvalue weighted by Crippen LogP contribution is -2.25. The predicted molar refractivity (Wildman–Crippen MR) is 32.2 cm³/mol. The number of anilines is 1. The maximum absolute atomic E-state index is 10.5. The molecular weight excluding hydrogens is 116 g/mol. The number of nitrogens with zero attached hydrogens (tertiary/aromatic N) is 1. The molecule has 0 saturated heterocycles. The number of aromatic nitrogens is 1. The summed E-state index contributed by atoms with van der Waals surface area (Å²) in [5.41, 5.74) is 1.39. The Kier molecular flexibility index (Phi) is 0.656. The van der Waals surface area contributed by atoms with Crippen LogP contribution < -0.4 is 5.32 Å². The van der Waals surface area contributed by atoms with Crippen LogP contribution in [0.4, 0.5) is 5.69 Å². The molecule has 0 unspecified atom stereocenters. The molecule has 44 valence electrons. The third kappa shape index (κ3) is 0.455. The first-order valence-electron chi connectivity index (χ1n) is 2.64. The second kappa shape index (κ2) is 1.31. The Labute approximate surface area is 51.7 Å². The Morgan fingerprint density at radius 2 is 2.44 bits per heavy atom. The van der Waals surface area contributed by atoms with Crippen LogP contribution in [-0.2, 0) is 0 Å². The van der Waals surface area contributed by atoms with Gasteiger partial charge < -0.3 is 5.32 Å². The van der Waals surface area contributed by atoms with E-state index < -0.39 is 0 Å². The summed E-state index contributed by atoms with van der Waals surface area (Å²) in [4.78, 5) is 14.4. The van der Waals surface area contributed by atoms with Crippen molar-refractivity contribution < 1.29 is 4.79 Å². The van der Waals surface area contributed by atoms with Gasteiger partial charge in [0.1, 0.15) is 0 Å². The summed E-state index contributed by atoms with van der Waals surface area (Å²) in [5, 5.41) is 2.58. The zero-order valence-corrected chi connectivity index (χ0v) is 4.59. The third-order valence-electron chi connectivity index (χ3n) is 1.27. The number of carbonyl (C=O) groups excluding carboxylic acids is 1. The van der Waals surface area contributed by atoms with Gasteiger partial charge in [-0.2, -0.15) is 0 Å². The van der Waals surface area contributed by atoms with Crippen molar-refractivity contribution in [3.05, 3.63) is 24.0 Å². The molecule has 0 aliphatic carbocycles. The molecule has 0 fully saturated rings. The highest BCUT2D eigenvalue weighted by atomic mass is 16.2. The molecule has 0 saturated carbocycles. The normalized spacial score (nSPS) is 13.6. The van der Waals surface area contributed by atoms with E-state index in [0.29, 0.717) is 5.69 Å². The highest BCUT2D eigenvalue weighted by Crippen LogP contribution is 2.20. The van der Waals surface area contributed by atoms with E-state index in [9.17, 15) is 4.79 Å². The lowest BCUT2D eigenvalue weighted by molar-refractivity contribution is 0.100. The van der Waals surface area contributed by atoms with Crippen LogP contribution in [0.15, 0.2) is 18.3 Å². The minimum Gasteiger partial charge on any atom is -0.318 e. The number of rotatable bonds is 0. The highest BCUT2D eigenvalue weighted by molar-refractivity contribution is 6.16. The highest BCUT2D eigenvalue weighted by Gasteiger charge is 2.22. The first-order valence-corrected chi connectivity index (χ1v) is 2.64. The standard InChI is InChI=1S/C6H4N2O/c9-6-5-4(8-6)2-1-3-7-5/h1-3H,(H,8,9). The molecule has 0 radical (unpaired) electrons. The minimum absolute atomic E-state index is 0.0781. The van der Waals surface area contributed by atoms with Crippen molar-refractivity contribution in [2.75, 3.05) is 5.32 Å². The summed E-state index contributed by atoms with van der Waals surface area (Å²) in [7, 11) is 0. The van der Waals surface area contributed by atoms with Gasteiger partial charge in [0, 0.05) is 6.20 Å². The lowest BCUT2D eigenvalue weighted by Gasteiger charge is -2.15. The summed E-state index contributed by atoms with van der Waals surface area (Å²) >= 11 is 0. The minimum atomic E-state index is -0.0781. The van der Waals surface area contributed by atoms with E-state index in [1.807, 2.05) is 6.07 Å². The maximum Gasteiger partial charge on any atom is 0.276 e. The summed E-state index contributed by atoms with van der Waals surface area (Å²) in [6.45, 7) is 0. The van der Waals surface area contributed by atoms with Crippen LogP contribution in [0.3, 0.4) is 0 Å². The molecule has 2 rings (SSSR count). The van der Waals surface area contributed by atoms with Gasteiger partial charge >= 0.3 is 0 Å². The Bertz CT molecular complexity index is 270. The molecule has 1 aliphatic heterocycles. The van der Waals surface area contributed by atoms with Crippen LogP contribution in [0.5, 0.6) is 0 Å². The van der Waals surface area contributed by atoms with Crippen molar-refractivity contribution in [1.82, 2.24) is 4.98 Å². The number of amides is 1. The largest absolute Gasteiger partial charge is 0.318 e. The average molecular weight is 120 g/mol. The molecule has 1 aliphatic rings. The van der Waals surface area contributed by atoms with Crippen molar-refractivity contribution in [2.24, 2.45) is 0 Å². The van der Waals surface area contributed by atoms with E-state index in [-0.39, 0.29) is 5.91 Å². The van der Waals surface area contributed by atoms with Gasteiger partial charge in [0.2, 0.25) is 0 Å². The Morgan fingerprint density at radius 1 is 1.56 bits per heavy atom. The summed E-state index contributed by atoms with van der Waals surface area (Å²) in [5.74, 6) is -0.0781. The molecule has 0 bridgehead atoms. The fourth-order valence-electron chi connectivity index (χ4n) is 0.806. The van der Waals surface area contributed by atoms with Gasteiger partial charge in [0.15, 0.2) is 5.69 Å². The molecule has 3 heteroatoms. The molecular formula is C6H4N2O. The quantitative estimate of drug-likeness (QED) is 0.546. The number of hydrogen-bond acceptors (Lipinski definition) is 2. The number of hydrogen-bond donors (Lipinski definition) is 1. The number of pyridine rings is 1. The van der Waals surface area contributed by atoms with Gasteiger partial charge in [-0.15, -0.1) is 0 Å². The second-order valence-corrected chi connectivity index (χ2v) is 1.85. The Balaban J connectivity index is 2.63. The molecule has 0 spiro atoms. The smallest absolute Gasteiger partial charge is 0.276 e. The van der Waals surface area contributed by atoms with E-state index in [1.54, 1.807) is 12.3 Å². The molecule has 1 aromatic rings. The topological polar surface area (TPSA) is 42.0 Å². The molecule has 0 atom stereocenters. The number of fused-ring (bicyclic) bond motifs is 1. The van der Waals surface area contributed by atoms with Gasteiger partial charge in [-0.3, -0.25) is 4.79 Å². The molecule has 1 amide bonds. The summed E-state index contributed by atoms with van der Waals surface area (Å²) in [6, 6.07) is 3.61. The first kappa shape index (κ1) is 4.49. The molecule has 3 nitrogen and oxygen atoms in total. The zero-order chi connectivity index (χ0) is 6.27. The predicted octanol–water partition coefficient (Wildman–Crippen LogP) is 0.647. The molecule has 1 aromatic heterocycles. The number of carbonyl (C=O) groups is 1. The third-order valence-corrected chi connectivity index (χ3v) is 1.27. The van der Waals surface area contributed by atoms with Crippen LogP contribution >= 0.6 is 0 Å². The molecule has 2 heterocycles. The Morgan fingerprint density at radius 3 is 3.00 bits per heavy atom. The number of nitrogens with one attached hydrogen (secondary N) is 1. The van der Waals surface area contributed by atoms with Crippen molar-refractivity contribution >= 4 is 11.6 Å². The monoisotopic (exact) mass is 120 g/mol. The Hall–Kier alpha value is -1.38. The van der Waals surface area contributed by atoms with Crippen molar-refractivity contribution in [1.29, 1.82) is 0 Å². The van der Waals surface area contributed by atoms with E-state index in [2.05, 4.69) is 10.3 Å². The van der Waals surface area contributed by atoms with Crippen LogP contribution in [0.25, 0.3) is 0 Å². The van der Waals surface area contributed by atoms with E-state index in [1.165, 1.54) is 0 Å². The first-order chi connectivity index (χ1) is 4.38. The van der Waals surface area contributed by atoms with Crippen molar-refractivity contribution in [3.63, 3.8) is 0 Å².